The summed E-state index contributed by atoms with van der Waals surface area (Å²) in [4.78, 5) is 26.0. The summed E-state index contributed by atoms with van der Waals surface area (Å²) in [7, 11) is 0. The van der Waals surface area contributed by atoms with E-state index >= 15 is 4.39 Å². The van der Waals surface area contributed by atoms with Crippen LogP contribution in [0.4, 0.5) is 4.39 Å². The Bertz CT molecular complexity index is 1810. The highest BCUT2D eigenvalue weighted by Crippen LogP contribution is 2.43. The summed E-state index contributed by atoms with van der Waals surface area (Å²) in [6.07, 6.45) is 1.48. The van der Waals surface area contributed by atoms with Crippen LogP contribution < -0.4 is 10.2 Å². The molecule has 5 aromatic rings. The fourth-order valence-electron chi connectivity index (χ4n) is 5.95. The Labute approximate surface area is 254 Å². The molecule has 44 heavy (non-hydrogen) atoms. The number of hydrogen-bond donors (Lipinski definition) is 0. The average Bonchev–Trinajstić information content (AvgIpc) is 3.05. The van der Waals surface area contributed by atoms with Gasteiger partial charge in [-0.3, -0.25) is 4.79 Å². The first-order chi connectivity index (χ1) is 21.4. The van der Waals surface area contributed by atoms with Crippen molar-refractivity contribution in [2.75, 3.05) is 19.8 Å². The maximum atomic E-state index is 16.1. The maximum Gasteiger partial charge on any atom is 0.343 e. The molecule has 0 saturated carbocycles. The Hall–Kier alpha value is -5.01. The predicted octanol–water partition coefficient (Wildman–Crippen LogP) is 7.29. The number of carbonyl (C=O) groups excluding carboxylic acids is 1. The smallest absolute Gasteiger partial charge is 0.343 e. The van der Waals surface area contributed by atoms with Crippen molar-refractivity contribution in [1.82, 2.24) is 4.57 Å². The monoisotopic (exact) mass is 589 g/mol. The van der Waals surface area contributed by atoms with E-state index in [0.717, 1.165) is 22.8 Å². The lowest BCUT2D eigenvalue weighted by Gasteiger charge is -2.36. The van der Waals surface area contributed by atoms with Crippen LogP contribution in [-0.2, 0) is 15.1 Å². The highest BCUT2D eigenvalue weighted by Gasteiger charge is 2.38. The van der Waals surface area contributed by atoms with Gasteiger partial charge in [0.2, 0.25) is 5.43 Å². The Kier molecular flexibility index (Phi) is 7.89. The predicted molar refractivity (Wildman–Crippen MR) is 169 cm³/mol. The summed E-state index contributed by atoms with van der Waals surface area (Å²) in [5, 5.41) is 0.0410. The van der Waals surface area contributed by atoms with Crippen LogP contribution in [0, 0.1) is 5.82 Å². The number of nitrogens with zero attached hydrogens (tertiary/aromatic N) is 1. The van der Waals surface area contributed by atoms with Crippen LogP contribution in [0.3, 0.4) is 0 Å². The molecular weight excluding hydrogens is 557 g/mol. The molecule has 0 radical (unpaired) electrons. The van der Waals surface area contributed by atoms with E-state index in [4.69, 9.17) is 14.2 Å². The molecular formula is C37H32FNO5. The second kappa shape index (κ2) is 11.9. The molecule has 0 amide bonds. The third-order valence-electron chi connectivity index (χ3n) is 8.02. The van der Waals surface area contributed by atoms with Crippen LogP contribution in [0.5, 0.6) is 5.75 Å². The van der Waals surface area contributed by atoms with Gasteiger partial charge in [0.1, 0.15) is 23.6 Å². The van der Waals surface area contributed by atoms with Gasteiger partial charge in [0.25, 0.3) is 0 Å². The van der Waals surface area contributed by atoms with E-state index in [2.05, 4.69) is 6.58 Å². The van der Waals surface area contributed by atoms with Crippen LogP contribution in [0.15, 0.2) is 115 Å². The zero-order valence-corrected chi connectivity index (χ0v) is 24.6. The van der Waals surface area contributed by atoms with Gasteiger partial charge in [-0.15, -0.1) is 0 Å². The highest BCUT2D eigenvalue weighted by molar-refractivity contribution is 5.97. The van der Waals surface area contributed by atoms with Crippen molar-refractivity contribution in [3.05, 3.63) is 154 Å². The van der Waals surface area contributed by atoms with Gasteiger partial charge < -0.3 is 18.8 Å². The Morgan fingerprint density at radius 3 is 2.05 bits per heavy atom. The third-order valence-corrected chi connectivity index (χ3v) is 8.02. The standard InChI is InChI=1S/C37H32FNO5/c1-4-42-36(41)30-21-39-25(3)23-43-35-32(31(38)20-29(33(35)39)34(30)40)24(2)22-44-37(26-14-8-5-9-15-26,27-16-10-6-11-17-27)28-18-12-7-13-19-28/h5-21,25H,2,4,22-23H2,1,3H3. The molecule has 6 rings (SSSR count). The second-order valence-electron chi connectivity index (χ2n) is 10.8. The van der Waals surface area contributed by atoms with Crippen molar-refractivity contribution in [2.45, 2.75) is 25.5 Å². The fourth-order valence-corrected chi connectivity index (χ4v) is 5.95. The van der Waals surface area contributed by atoms with Gasteiger partial charge in [-0.1, -0.05) is 97.6 Å². The molecule has 1 atom stereocenters. The number of benzene rings is 4. The summed E-state index contributed by atoms with van der Waals surface area (Å²) in [5.41, 5.74) is 1.77. The van der Waals surface area contributed by atoms with E-state index < -0.39 is 22.8 Å². The number of aromatic nitrogens is 1. The first kappa shape index (κ1) is 29.1. The van der Waals surface area contributed by atoms with Crippen LogP contribution in [0.25, 0.3) is 16.5 Å². The lowest BCUT2D eigenvalue weighted by atomic mass is 9.80. The first-order valence-electron chi connectivity index (χ1n) is 14.6. The van der Waals surface area contributed by atoms with Crippen LogP contribution >= 0.6 is 0 Å². The lowest BCUT2D eigenvalue weighted by molar-refractivity contribution is 0.0354. The molecule has 1 aliphatic rings. The Morgan fingerprint density at radius 2 is 1.52 bits per heavy atom. The Balaban J connectivity index is 1.48. The van der Waals surface area contributed by atoms with Crippen molar-refractivity contribution in [1.29, 1.82) is 0 Å². The maximum absolute atomic E-state index is 16.1. The SMILES string of the molecule is C=C(COC(c1ccccc1)(c1ccccc1)c1ccccc1)c1c(F)cc2c(=O)c(C(=O)OCC)cn3c2c1OCC3C. The molecule has 1 aliphatic heterocycles. The Morgan fingerprint density at radius 1 is 0.977 bits per heavy atom. The molecule has 0 aliphatic carbocycles. The molecule has 4 aromatic carbocycles. The van der Waals surface area contributed by atoms with Crippen LogP contribution in [-0.4, -0.2) is 30.4 Å². The number of halogens is 1. The molecule has 7 heteroatoms. The summed E-state index contributed by atoms with van der Waals surface area (Å²) < 4.78 is 35.9. The van der Waals surface area contributed by atoms with E-state index in [9.17, 15) is 9.59 Å². The zero-order chi connectivity index (χ0) is 30.8. The zero-order valence-electron chi connectivity index (χ0n) is 24.6. The lowest BCUT2D eigenvalue weighted by Crippen LogP contribution is -2.33. The first-order valence-corrected chi connectivity index (χ1v) is 14.6. The quantitative estimate of drug-likeness (QED) is 0.133. The summed E-state index contributed by atoms with van der Waals surface area (Å²) in [6.45, 7) is 8.07. The van der Waals surface area contributed by atoms with Gasteiger partial charge in [-0.2, -0.15) is 0 Å². The normalized spacial score (nSPS) is 14.2. The number of rotatable bonds is 9. The number of carbonyl (C=O) groups is 1. The minimum absolute atomic E-state index is 0.0410. The topological polar surface area (TPSA) is 66.8 Å². The second-order valence-corrected chi connectivity index (χ2v) is 10.8. The van der Waals surface area contributed by atoms with Crippen molar-refractivity contribution < 1.29 is 23.4 Å². The third kappa shape index (κ3) is 4.89. The molecule has 2 heterocycles. The summed E-state index contributed by atoms with van der Waals surface area (Å²) in [5.74, 6) is -1.24. The number of pyridine rings is 1. The van der Waals surface area contributed by atoms with Gasteiger partial charge in [0, 0.05) is 6.20 Å². The molecule has 1 aromatic heterocycles. The fraction of sp³-hybridized carbons (Fsp3) is 0.189. The van der Waals surface area contributed by atoms with E-state index in [0.29, 0.717) is 11.1 Å². The molecule has 1 unspecified atom stereocenters. The minimum atomic E-state index is -1.04. The molecule has 0 fully saturated rings. The van der Waals surface area contributed by atoms with E-state index in [1.165, 1.54) is 6.20 Å². The van der Waals surface area contributed by atoms with Crippen LogP contribution in [0.2, 0.25) is 0 Å². The molecule has 6 nitrogen and oxygen atoms in total. The van der Waals surface area contributed by atoms with Gasteiger partial charge in [0.05, 0.1) is 35.7 Å². The van der Waals surface area contributed by atoms with Gasteiger partial charge in [-0.25, -0.2) is 9.18 Å². The molecule has 222 valence electrons. The van der Waals surface area contributed by atoms with Crippen LogP contribution in [0.1, 0.15) is 52.5 Å². The number of ether oxygens (including phenoxy) is 3. The van der Waals surface area contributed by atoms with E-state index in [1.807, 2.05) is 97.9 Å². The van der Waals surface area contributed by atoms with Gasteiger partial charge >= 0.3 is 5.97 Å². The molecule has 0 bridgehead atoms. The van der Waals surface area contributed by atoms with E-state index in [-0.39, 0.29) is 48.1 Å². The average molecular weight is 590 g/mol. The van der Waals surface area contributed by atoms with Crippen molar-refractivity contribution in [2.24, 2.45) is 0 Å². The highest BCUT2D eigenvalue weighted by atomic mass is 19.1. The molecule has 0 spiro atoms. The number of hydrogen-bond acceptors (Lipinski definition) is 5. The molecule has 0 N–H and O–H groups in total. The summed E-state index contributed by atoms with van der Waals surface area (Å²) in [6, 6.07) is 30.6. The van der Waals surface area contributed by atoms with Gasteiger partial charge in [0.15, 0.2) is 5.75 Å². The van der Waals surface area contributed by atoms with Gasteiger partial charge in [-0.05, 0) is 42.2 Å². The van der Waals surface area contributed by atoms with Crippen molar-refractivity contribution in [3.63, 3.8) is 0 Å². The summed E-state index contributed by atoms with van der Waals surface area (Å²) >= 11 is 0. The molecule has 0 saturated heterocycles. The largest absolute Gasteiger partial charge is 0.488 e. The van der Waals surface area contributed by atoms with E-state index in [1.54, 1.807) is 11.5 Å². The minimum Gasteiger partial charge on any atom is -0.488 e. The van der Waals surface area contributed by atoms with Crippen molar-refractivity contribution in [3.8, 4) is 5.75 Å². The number of esters is 1. The van der Waals surface area contributed by atoms with Crippen molar-refractivity contribution >= 4 is 22.4 Å².